The van der Waals surface area contributed by atoms with Crippen molar-refractivity contribution in [3.05, 3.63) is 35.6 Å². The summed E-state index contributed by atoms with van der Waals surface area (Å²) in [5.41, 5.74) is -0.583. The molecule has 5 heteroatoms. The largest absolute Gasteiger partial charge is 0.342 e. The number of carbonyl (C=O) groups excluding carboxylic acids is 2. The molecule has 0 aromatic heterocycles. The summed E-state index contributed by atoms with van der Waals surface area (Å²) in [7, 11) is 0. The first-order valence-electron chi connectivity index (χ1n) is 9.86. The molecule has 26 heavy (non-hydrogen) atoms. The molecule has 1 aromatic carbocycles. The van der Waals surface area contributed by atoms with Gasteiger partial charge in [0.1, 0.15) is 5.82 Å². The Kier molecular flexibility index (Phi) is 4.28. The second-order valence-electron chi connectivity index (χ2n) is 8.21. The molecule has 1 atom stereocenters. The van der Waals surface area contributed by atoms with Gasteiger partial charge in [0.05, 0.1) is 10.8 Å². The third-order valence-electron chi connectivity index (χ3n) is 6.51. The fourth-order valence-corrected chi connectivity index (χ4v) is 4.94. The Labute approximate surface area is 154 Å². The minimum atomic E-state index is -0.697. The Bertz CT molecular complexity index is 728. The van der Waals surface area contributed by atoms with Crippen LogP contribution in [0.25, 0.3) is 0 Å². The number of amides is 2. The maximum atomic E-state index is 14.3. The first-order chi connectivity index (χ1) is 12.5. The number of nitrogens with zero attached hydrogens (tertiary/aromatic N) is 2. The quantitative estimate of drug-likeness (QED) is 0.830. The lowest BCUT2D eigenvalue weighted by atomic mass is 9.78. The fraction of sp³-hybridized carbons (Fsp3) is 0.619. The van der Waals surface area contributed by atoms with Crippen molar-refractivity contribution in [1.29, 1.82) is 0 Å². The van der Waals surface area contributed by atoms with E-state index >= 15 is 0 Å². The van der Waals surface area contributed by atoms with Crippen LogP contribution in [-0.2, 0) is 15.0 Å². The predicted octanol–water partition coefficient (Wildman–Crippen LogP) is 3.11. The van der Waals surface area contributed by atoms with Crippen molar-refractivity contribution in [3.63, 3.8) is 0 Å². The van der Waals surface area contributed by atoms with Crippen LogP contribution in [0, 0.1) is 11.2 Å². The summed E-state index contributed by atoms with van der Waals surface area (Å²) >= 11 is 0. The number of rotatable bonds is 4. The van der Waals surface area contributed by atoms with E-state index in [1.54, 1.807) is 18.2 Å². The van der Waals surface area contributed by atoms with E-state index in [1.165, 1.54) is 6.07 Å². The van der Waals surface area contributed by atoms with Crippen LogP contribution < -0.4 is 0 Å². The van der Waals surface area contributed by atoms with E-state index in [1.807, 2.05) is 9.80 Å². The Morgan fingerprint density at radius 1 is 1.15 bits per heavy atom. The summed E-state index contributed by atoms with van der Waals surface area (Å²) in [5, 5.41) is 0. The number of carbonyl (C=O) groups is 2. The zero-order chi connectivity index (χ0) is 18.4. The van der Waals surface area contributed by atoms with E-state index in [4.69, 9.17) is 0 Å². The molecule has 1 spiro atoms. The smallest absolute Gasteiger partial charge is 0.233 e. The van der Waals surface area contributed by atoms with Gasteiger partial charge in [0, 0.05) is 31.7 Å². The number of benzene rings is 1. The van der Waals surface area contributed by atoms with E-state index in [0.717, 1.165) is 38.8 Å². The van der Waals surface area contributed by atoms with Gasteiger partial charge in [0.25, 0.3) is 0 Å². The summed E-state index contributed by atoms with van der Waals surface area (Å²) in [6.07, 6.45) is 4.97. The molecular formula is C21H27FN2O2. The van der Waals surface area contributed by atoms with E-state index < -0.39 is 10.8 Å². The topological polar surface area (TPSA) is 40.6 Å². The number of halogens is 1. The second-order valence-corrected chi connectivity index (χ2v) is 8.21. The highest BCUT2D eigenvalue weighted by molar-refractivity contribution is 5.93. The van der Waals surface area contributed by atoms with Gasteiger partial charge in [-0.3, -0.25) is 9.59 Å². The Morgan fingerprint density at radius 3 is 2.62 bits per heavy atom. The fourth-order valence-electron chi connectivity index (χ4n) is 4.94. The number of piperidine rings is 1. The van der Waals surface area contributed by atoms with Gasteiger partial charge < -0.3 is 9.80 Å². The van der Waals surface area contributed by atoms with Gasteiger partial charge in [-0.2, -0.15) is 0 Å². The second kappa shape index (κ2) is 6.36. The lowest BCUT2D eigenvalue weighted by Gasteiger charge is -2.39. The Morgan fingerprint density at radius 2 is 1.92 bits per heavy atom. The molecule has 1 saturated carbocycles. The Balaban J connectivity index is 1.53. The molecular weight excluding hydrogens is 331 g/mol. The molecule has 2 amide bonds. The van der Waals surface area contributed by atoms with Gasteiger partial charge in [0.2, 0.25) is 11.8 Å². The highest BCUT2D eigenvalue weighted by Crippen LogP contribution is 2.52. The SMILES string of the molecule is CCCN1CCCC2(CCN(C(=O)C3(c4ccccc4F)CC3)C2)C1=O. The summed E-state index contributed by atoms with van der Waals surface area (Å²) < 4.78 is 14.3. The molecule has 1 aliphatic carbocycles. The van der Waals surface area contributed by atoms with Crippen LogP contribution >= 0.6 is 0 Å². The summed E-state index contributed by atoms with van der Waals surface area (Å²) in [5.74, 6) is -0.0633. The van der Waals surface area contributed by atoms with Gasteiger partial charge in [-0.05, 0) is 44.6 Å². The highest BCUT2D eigenvalue weighted by atomic mass is 19.1. The van der Waals surface area contributed by atoms with Crippen LogP contribution in [0.1, 0.15) is 51.0 Å². The number of likely N-dealkylation sites (tertiary alicyclic amines) is 2. The average molecular weight is 358 g/mol. The first-order valence-corrected chi connectivity index (χ1v) is 9.86. The zero-order valence-corrected chi connectivity index (χ0v) is 15.5. The van der Waals surface area contributed by atoms with E-state index in [9.17, 15) is 14.0 Å². The monoisotopic (exact) mass is 358 g/mol. The molecule has 140 valence electrons. The van der Waals surface area contributed by atoms with Crippen molar-refractivity contribution in [2.45, 2.75) is 50.9 Å². The van der Waals surface area contributed by atoms with Crippen molar-refractivity contribution in [2.75, 3.05) is 26.2 Å². The standard InChI is InChI=1S/C21H27FN2O2/c1-2-12-23-13-5-8-20(18(23)25)11-14-24(15-20)19(26)21(9-10-21)16-6-3-4-7-17(16)22/h3-4,6-7H,2,5,8-15H2,1H3. The summed E-state index contributed by atoms with van der Waals surface area (Å²) in [6.45, 7) is 4.83. The molecule has 0 bridgehead atoms. The third-order valence-corrected chi connectivity index (χ3v) is 6.51. The zero-order valence-electron chi connectivity index (χ0n) is 15.5. The third kappa shape index (κ3) is 2.63. The predicted molar refractivity (Wildman–Crippen MR) is 97.0 cm³/mol. The van der Waals surface area contributed by atoms with Crippen LogP contribution in [0.2, 0.25) is 0 Å². The minimum Gasteiger partial charge on any atom is -0.342 e. The summed E-state index contributed by atoms with van der Waals surface area (Å²) in [6, 6.07) is 6.63. The van der Waals surface area contributed by atoms with Crippen molar-refractivity contribution in [1.82, 2.24) is 9.80 Å². The van der Waals surface area contributed by atoms with Crippen molar-refractivity contribution >= 4 is 11.8 Å². The van der Waals surface area contributed by atoms with Gasteiger partial charge in [0.15, 0.2) is 0 Å². The molecule has 3 aliphatic rings. The Hall–Kier alpha value is -1.91. The molecule has 1 aromatic rings. The molecule has 4 nitrogen and oxygen atoms in total. The van der Waals surface area contributed by atoms with Gasteiger partial charge in [-0.15, -0.1) is 0 Å². The maximum Gasteiger partial charge on any atom is 0.233 e. The van der Waals surface area contributed by atoms with E-state index in [2.05, 4.69) is 6.92 Å². The molecule has 0 N–H and O–H groups in total. The van der Waals surface area contributed by atoms with Crippen LogP contribution in [-0.4, -0.2) is 47.8 Å². The number of hydrogen-bond donors (Lipinski definition) is 0. The van der Waals surface area contributed by atoms with Gasteiger partial charge in [-0.25, -0.2) is 4.39 Å². The average Bonchev–Trinajstić information content (AvgIpc) is 3.34. The first kappa shape index (κ1) is 17.5. The molecule has 2 aliphatic heterocycles. The molecule has 2 heterocycles. The molecule has 4 rings (SSSR count). The van der Waals surface area contributed by atoms with Crippen LogP contribution in [0.4, 0.5) is 4.39 Å². The van der Waals surface area contributed by atoms with Gasteiger partial charge in [-0.1, -0.05) is 25.1 Å². The van der Waals surface area contributed by atoms with Crippen molar-refractivity contribution in [3.8, 4) is 0 Å². The van der Waals surface area contributed by atoms with Crippen LogP contribution in [0.3, 0.4) is 0 Å². The molecule has 0 radical (unpaired) electrons. The van der Waals surface area contributed by atoms with Gasteiger partial charge >= 0.3 is 0 Å². The number of hydrogen-bond acceptors (Lipinski definition) is 2. The molecule has 2 saturated heterocycles. The lowest BCUT2D eigenvalue weighted by Crippen LogP contribution is -2.51. The summed E-state index contributed by atoms with van der Waals surface area (Å²) in [4.78, 5) is 30.1. The minimum absolute atomic E-state index is 0.0138. The molecule has 3 fully saturated rings. The van der Waals surface area contributed by atoms with Crippen LogP contribution in [0.15, 0.2) is 24.3 Å². The van der Waals surface area contributed by atoms with Crippen molar-refractivity contribution in [2.24, 2.45) is 5.41 Å². The normalized spacial score (nSPS) is 27.2. The van der Waals surface area contributed by atoms with E-state index in [-0.39, 0.29) is 17.6 Å². The van der Waals surface area contributed by atoms with Crippen molar-refractivity contribution < 1.29 is 14.0 Å². The van der Waals surface area contributed by atoms with E-state index in [0.29, 0.717) is 31.5 Å². The maximum absolute atomic E-state index is 14.3. The van der Waals surface area contributed by atoms with Crippen LogP contribution in [0.5, 0.6) is 0 Å². The lowest BCUT2D eigenvalue weighted by molar-refractivity contribution is -0.146. The highest BCUT2D eigenvalue weighted by Gasteiger charge is 2.57. The molecule has 1 unspecified atom stereocenters.